The maximum Gasteiger partial charge on any atom is 0.264 e. The molecule has 100 valence electrons. The first kappa shape index (κ1) is 15.7. The Labute approximate surface area is 127 Å². The number of primary amides is 1. The van der Waals surface area contributed by atoms with Crippen LogP contribution in [0.3, 0.4) is 0 Å². The van der Waals surface area contributed by atoms with E-state index >= 15 is 0 Å². The van der Waals surface area contributed by atoms with Gasteiger partial charge in [0.05, 0.1) is 8.66 Å². The summed E-state index contributed by atoms with van der Waals surface area (Å²) < 4.78 is 1.67. The van der Waals surface area contributed by atoms with E-state index in [-0.39, 0.29) is 11.8 Å². The van der Waals surface area contributed by atoms with Crippen molar-refractivity contribution in [3.05, 3.63) is 19.2 Å². The second kappa shape index (κ2) is 6.16. The first-order valence-electron chi connectivity index (χ1n) is 5.27. The van der Waals surface area contributed by atoms with Gasteiger partial charge in [-0.15, -0.1) is 11.3 Å². The minimum Gasteiger partial charge on any atom is -0.368 e. The molecular weight excluding hydrogens is 384 g/mol. The number of nitrogens with two attached hydrogens (primary N) is 1. The van der Waals surface area contributed by atoms with Crippen molar-refractivity contribution in [1.29, 1.82) is 0 Å². The van der Waals surface area contributed by atoms with Crippen LogP contribution in [0, 0.1) is 5.92 Å². The Morgan fingerprint density at radius 2 is 1.94 bits per heavy atom. The van der Waals surface area contributed by atoms with Crippen LogP contribution >= 0.6 is 43.2 Å². The summed E-state index contributed by atoms with van der Waals surface area (Å²) in [5, 5.41) is 0. The first-order chi connectivity index (χ1) is 8.25. The van der Waals surface area contributed by atoms with Crippen LogP contribution in [0.1, 0.15) is 23.5 Å². The summed E-state index contributed by atoms with van der Waals surface area (Å²) in [6, 6.07) is 1.13. The third-order valence-corrected chi connectivity index (χ3v) is 5.76. The molecule has 0 aliphatic carbocycles. The van der Waals surface area contributed by atoms with Crippen LogP contribution in [0.4, 0.5) is 0 Å². The summed E-state index contributed by atoms with van der Waals surface area (Å²) >= 11 is 7.99. The predicted molar refractivity (Wildman–Crippen MR) is 79.6 cm³/mol. The molecule has 0 aromatic carbocycles. The smallest absolute Gasteiger partial charge is 0.264 e. The highest BCUT2D eigenvalue weighted by Crippen LogP contribution is 2.33. The first-order valence-corrected chi connectivity index (χ1v) is 7.67. The Kier molecular flexibility index (Phi) is 5.36. The number of carbonyl (C=O) groups is 2. The van der Waals surface area contributed by atoms with Gasteiger partial charge in [0.15, 0.2) is 0 Å². The topological polar surface area (TPSA) is 63.4 Å². The van der Waals surface area contributed by atoms with Gasteiger partial charge in [0, 0.05) is 11.5 Å². The minimum atomic E-state index is -0.600. The average Bonchev–Trinajstić information content (AvgIpc) is 2.57. The molecule has 7 heteroatoms. The SMILES string of the molecule is CC(C)C(C(N)=O)N(C)C(=O)c1cc(Br)c(Br)s1. The summed E-state index contributed by atoms with van der Waals surface area (Å²) in [5.74, 6) is -0.720. The predicted octanol–water partition coefficient (Wildman–Crippen LogP) is 2.86. The molecule has 1 rings (SSSR count). The zero-order chi connectivity index (χ0) is 14.0. The minimum absolute atomic E-state index is 0.0247. The molecule has 18 heavy (non-hydrogen) atoms. The van der Waals surface area contributed by atoms with Crippen LogP contribution in [0.2, 0.25) is 0 Å². The van der Waals surface area contributed by atoms with Crippen LogP contribution in [0.25, 0.3) is 0 Å². The molecule has 1 aromatic rings. The molecule has 0 saturated carbocycles. The number of amides is 2. The van der Waals surface area contributed by atoms with Crippen molar-refractivity contribution in [2.45, 2.75) is 19.9 Å². The molecule has 1 heterocycles. The number of thiophene rings is 1. The number of hydrogen-bond donors (Lipinski definition) is 1. The van der Waals surface area contributed by atoms with Crippen LogP contribution in [0.15, 0.2) is 14.3 Å². The summed E-state index contributed by atoms with van der Waals surface area (Å²) in [6.45, 7) is 3.72. The molecule has 4 nitrogen and oxygen atoms in total. The maximum absolute atomic E-state index is 12.2. The third-order valence-electron chi connectivity index (χ3n) is 2.52. The summed E-state index contributed by atoms with van der Waals surface area (Å²) in [5.41, 5.74) is 5.34. The molecule has 1 aromatic heterocycles. The highest BCUT2D eigenvalue weighted by atomic mass is 79.9. The van der Waals surface area contributed by atoms with Gasteiger partial charge in [0.1, 0.15) is 6.04 Å². The lowest BCUT2D eigenvalue weighted by atomic mass is 10.0. The number of halogens is 2. The molecule has 2 amide bonds. The Hall–Kier alpha value is -0.400. The van der Waals surface area contributed by atoms with Crippen LogP contribution in [0.5, 0.6) is 0 Å². The van der Waals surface area contributed by atoms with Gasteiger partial charge in [-0.1, -0.05) is 13.8 Å². The van der Waals surface area contributed by atoms with E-state index in [1.165, 1.54) is 16.2 Å². The number of nitrogens with zero attached hydrogens (tertiary/aromatic N) is 1. The molecule has 0 aliphatic heterocycles. The normalized spacial score (nSPS) is 12.6. The Balaban J connectivity index is 2.99. The Morgan fingerprint density at radius 3 is 2.28 bits per heavy atom. The van der Waals surface area contributed by atoms with E-state index in [4.69, 9.17) is 5.73 Å². The molecule has 0 radical (unpaired) electrons. The number of carbonyl (C=O) groups excluding carboxylic acids is 2. The van der Waals surface area contributed by atoms with Gasteiger partial charge in [-0.25, -0.2) is 0 Å². The van der Waals surface area contributed by atoms with Gasteiger partial charge in [0.2, 0.25) is 5.91 Å². The lowest BCUT2D eigenvalue weighted by Gasteiger charge is -2.28. The maximum atomic E-state index is 12.2. The van der Waals surface area contributed by atoms with E-state index in [1.54, 1.807) is 13.1 Å². The fraction of sp³-hybridized carbons (Fsp3) is 0.455. The number of likely N-dealkylation sites (N-methyl/N-ethyl adjacent to an activating group) is 1. The average molecular weight is 398 g/mol. The second-order valence-electron chi connectivity index (χ2n) is 4.24. The van der Waals surface area contributed by atoms with Crippen LogP contribution < -0.4 is 5.73 Å². The number of rotatable bonds is 4. The van der Waals surface area contributed by atoms with E-state index in [9.17, 15) is 9.59 Å². The van der Waals surface area contributed by atoms with Crippen LogP contribution in [-0.4, -0.2) is 29.8 Å². The van der Waals surface area contributed by atoms with E-state index in [0.29, 0.717) is 4.88 Å². The molecule has 1 unspecified atom stereocenters. The van der Waals surface area contributed by atoms with Gasteiger partial charge in [-0.05, 0) is 43.8 Å². The molecule has 0 aliphatic rings. The Bertz CT molecular complexity index is 454. The van der Waals surface area contributed by atoms with Gasteiger partial charge in [0.25, 0.3) is 5.91 Å². The molecule has 0 fully saturated rings. The van der Waals surface area contributed by atoms with Gasteiger partial charge < -0.3 is 10.6 Å². The van der Waals surface area contributed by atoms with Crippen molar-refractivity contribution in [1.82, 2.24) is 4.90 Å². The van der Waals surface area contributed by atoms with Crippen molar-refractivity contribution < 1.29 is 9.59 Å². The van der Waals surface area contributed by atoms with Crippen molar-refractivity contribution in [2.24, 2.45) is 11.7 Å². The lowest BCUT2D eigenvalue weighted by Crippen LogP contribution is -2.48. The summed E-state index contributed by atoms with van der Waals surface area (Å²) in [7, 11) is 1.60. The van der Waals surface area contributed by atoms with Gasteiger partial charge in [-0.2, -0.15) is 0 Å². The van der Waals surface area contributed by atoms with E-state index < -0.39 is 11.9 Å². The van der Waals surface area contributed by atoms with Crippen LogP contribution in [-0.2, 0) is 4.79 Å². The molecule has 0 bridgehead atoms. The van der Waals surface area contributed by atoms with Crippen molar-refractivity contribution in [3.63, 3.8) is 0 Å². The molecular formula is C11H14Br2N2O2S. The highest BCUT2D eigenvalue weighted by Gasteiger charge is 2.29. The van der Waals surface area contributed by atoms with Crippen molar-refractivity contribution in [2.75, 3.05) is 7.05 Å². The molecule has 0 spiro atoms. The molecule has 2 N–H and O–H groups in total. The Morgan fingerprint density at radius 1 is 1.39 bits per heavy atom. The standard InChI is InChI=1S/C11H14Br2N2O2S/c1-5(2)8(10(14)16)15(3)11(17)7-4-6(12)9(13)18-7/h4-5,8H,1-3H3,(H2,14,16). The van der Waals surface area contributed by atoms with E-state index in [2.05, 4.69) is 31.9 Å². The fourth-order valence-corrected chi connectivity index (χ4v) is 3.74. The quantitative estimate of drug-likeness (QED) is 0.848. The molecule has 1 atom stereocenters. The van der Waals surface area contributed by atoms with Crippen molar-refractivity contribution >= 4 is 55.0 Å². The largest absolute Gasteiger partial charge is 0.368 e. The monoisotopic (exact) mass is 396 g/mol. The van der Waals surface area contributed by atoms with E-state index in [0.717, 1.165) is 8.26 Å². The zero-order valence-electron chi connectivity index (χ0n) is 10.2. The second-order valence-corrected chi connectivity index (χ2v) is 7.46. The number of hydrogen-bond acceptors (Lipinski definition) is 3. The summed E-state index contributed by atoms with van der Waals surface area (Å²) in [4.78, 5) is 25.6. The summed E-state index contributed by atoms with van der Waals surface area (Å²) in [6.07, 6.45) is 0. The highest BCUT2D eigenvalue weighted by molar-refractivity contribution is 9.13. The third kappa shape index (κ3) is 3.33. The van der Waals surface area contributed by atoms with Gasteiger partial charge in [-0.3, -0.25) is 9.59 Å². The van der Waals surface area contributed by atoms with Gasteiger partial charge >= 0.3 is 0 Å². The lowest BCUT2D eigenvalue weighted by molar-refractivity contribution is -0.123. The van der Waals surface area contributed by atoms with Crippen molar-refractivity contribution in [3.8, 4) is 0 Å². The van der Waals surface area contributed by atoms with E-state index in [1.807, 2.05) is 13.8 Å². The fourth-order valence-electron chi connectivity index (χ4n) is 1.72. The zero-order valence-corrected chi connectivity index (χ0v) is 14.2. The molecule has 0 saturated heterocycles.